The Morgan fingerprint density at radius 3 is 2.62 bits per heavy atom. The highest BCUT2D eigenvalue weighted by Gasteiger charge is 2.28. The molecule has 1 atom stereocenters. The van der Waals surface area contributed by atoms with Crippen LogP contribution in [0.3, 0.4) is 0 Å². The summed E-state index contributed by atoms with van der Waals surface area (Å²) in [5.41, 5.74) is 6.76. The number of nitrogens with two attached hydrogens (primary N) is 1. The van der Waals surface area contributed by atoms with E-state index in [-0.39, 0.29) is 11.9 Å². The monoisotopic (exact) mass is 220 g/mol. The van der Waals surface area contributed by atoms with E-state index >= 15 is 0 Å². The van der Waals surface area contributed by atoms with Gasteiger partial charge in [-0.05, 0) is 24.1 Å². The maximum atomic E-state index is 11.6. The summed E-state index contributed by atoms with van der Waals surface area (Å²) in [5, 5.41) is 0. The molecule has 0 bridgehead atoms. The van der Waals surface area contributed by atoms with Gasteiger partial charge in [-0.1, -0.05) is 12.1 Å². The molecule has 0 unspecified atom stereocenters. The van der Waals surface area contributed by atoms with Crippen molar-refractivity contribution in [3.63, 3.8) is 0 Å². The van der Waals surface area contributed by atoms with E-state index in [4.69, 9.17) is 10.5 Å². The van der Waals surface area contributed by atoms with E-state index in [0.29, 0.717) is 6.54 Å². The number of hydrogen-bond donors (Lipinski definition) is 1. The first-order valence-electron chi connectivity index (χ1n) is 5.38. The molecule has 16 heavy (non-hydrogen) atoms. The molecule has 1 aromatic carbocycles. The lowest BCUT2D eigenvalue weighted by molar-refractivity contribution is -0.129. The second kappa shape index (κ2) is 4.53. The molecule has 1 saturated heterocycles. The molecule has 1 amide bonds. The highest BCUT2D eigenvalue weighted by atomic mass is 16.5. The molecule has 1 aliphatic heterocycles. The normalized spacial score (nSPS) is 20.2. The maximum absolute atomic E-state index is 11.6. The van der Waals surface area contributed by atoms with Crippen molar-refractivity contribution in [3.05, 3.63) is 29.8 Å². The van der Waals surface area contributed by atoms with Gasteiger partial charge in [-0.15, -0.1) is 0 Å². The zero-order chi connectivity index (χ0) is 11.5. The predicted molar refractivity (Wildman–Crippen MR) is 61.0 cm³/mol. The number of carbonyl (C=O) groups is 1. The van der Waals surface area contributed by atoms with Crippen LogP contribution in [0.4, 0.5) is 0 Å². The molecule has 1 aliphatic rings. The van der Waals surface area contributed by atoms with Crippen LogP contribution in [0.25, 0.3) is 0 Å². The fourth-order valence-electron chi connectivity index (χ4n) is 1.87. The van der Waals surface area contributed by atoms with E-state index in [1.54, 1.807) is 12.0 Å². The fraction of sp³-hybridized carbons (Fsp3) is 0.417. The number of hydrogen-bond acceptors (Lipinski definition) is 3. The quantitative estimate of drug-likeness (QED) is 0.818. The van der Waals surface area contributed by atoms with Crippen molar-refractivity contribution >= 4 is 5.91 Å². The van der Waals surface area contributed by atoms with Gasteiger partial charge in [0.05, 0.1) is 13.2 Å². The largest absolute Gasteiger partial charge is 0.497 e. The third kappa shape index (κ3) is 2.17. The van der Waals surface area contributed by atoms with Crippen LogP contribution in [0.5, 0.6) is 5.75 Å². The van der Waals surface area contributed by atoms with Gasteiger partial charge < -0.3 is 15.4 Å². The molecule has 0 aromatic heterocycles. The maximum Gasteiger partial charge on any atom is 0.239 e. The van der Waals surface area contributed by atoms with Crippen molar-refractivity contribution in [1.82, 2.24) is 4.90 Å². The topological polar surface area (TPSA) is 55.6 Å². The molecular formula is C12H16N2O2. The van der Waals surface area contributed by atoms with Crippen LogP contribution in [0.15, 0.2) is 24.3 Å². The molecule has 0 saturated carbocycles. The molecule has 86 valence electrons. The molecule has 0 spiro atoms. The number of nitrogens with zero attached hydrogens (tertiary/aromatic N) is 1. The standard InChI is InChI=1S/C12H16N2O2/c1-16-10-4-2-9(3-5-10)8-14-7-6-11(13)12(14)15/h2-5,11H,6-8,13H2,1H3/t11-/m0/s1. The molecule has 1 heterocycles. The summed E-state index contributed by atoms with van der Waals surface area (Å²) in [7, 11) is 1.64. The zero-order valence-corrected chi connectivity index (χ0v) is 9.35. The summed E-state index contributed by atoms with van der Waals surface area (Å²) in [6.07, 6.45) is 0.759. The lowest BCUT2D eigenvalue weighted by atomic mass is 10.2. The van der Waals surface area contributed by atoms with E-state index < -0.39 is 0 Å². The van der Waals surface area contributed by atoms with Crippen molar-refractivity contribution in [2.45, 2.75) is 19.0 Å². The summed E-state index contributed by atoms with van der Waals surface area (Å²) in [5.74, 6) is 0.879. The number of benzene rings is 1. The lowest BCUT2D eigenvalue weighted by Crippen LogP contribution is -2.33. The molecule has 1 fully saturated rings. The van der Waals surface area contributed by atoms with E-state index in [1.165, 1.54) is 0 Å². The van der Waals surface area contributed by atoms with E-state index in [1.807, 2.05) is 24.3 Å². The van der Waals surface area contributed by atoms with E-state index in [0.717, 1.165) is 24.3 Å². The van der Waals surface area contributed by atoms with Crippen molar-refractivity contribution < 1.29 is 9.53 Å². The Labute approximate surface area is 95.0 Å². The minimum Gasteiger partial charge on any atom is -0.497 e. The summed E-state index contributed by atoms with van der Waals surface area (Å²) >= 11 is 0. The third-order valence-electron chi connectivity index (χ3n) is 2.87. The predicted octanol–water partition coefficient (Wildman–Crippen LogP) is 0.755. The first kappa shape index (κ1) is 11.0. The average Bonchev–Trinajstić information content (AvgIpc) is 2.62. The zero-order valence-electron chi connectivity index (χ0n) is 9.35. The summed E-state index contributed by atoms with van der Waals surface area (Å²) < 4.78 is 5.08. The molecule has 2 N–H and O–H groups in total. The number of ether oxygens (including phenoxy) is 1. The Bertz CT molecular complexity index is 375. The third-order valence-corrected chi connectivity index (χ3v) is 2.87. The van der Waals surface area contributed by atoms with Gasteiger partial charge >= 0.3 is 0 Å². The lowest BCUT2D eigenvalue weighted by Gasteiger charge is -2.16. The van der Waals surface area contributed by atoms with E-state index in [2.05, 4.69) is 0 Å². The van der Waals surface area contributed by atoms with Crippen LogP contribution < -0.4 is 10.5 Å². The first-order chi connectivity index (χ1) is 7.70. The van der Waals surface area contributed by atoms with Crippen LogP contribution in [-0.2, 0) is 11.3 Å². The van der Waals surface area contributed by atoms with Gasteiger partial charge in [0.15, 0.2) is 0 Å². The summed E-state index contributed by atoms with van der Waals surface area (Å²) in [4.78, 5) is 13.4. The van der Waals surface area contributed by atoms with Gasteiger partial charge in [-0.3, -0.25) is 4.79 Å². The Morgan fingerprint density at radius 2 is 2.12 bits per heavy atom. The van der Waals surface area contributed by atoms with Gasteiger partial charge in [0.1, 0.15) is 5.75 Å². The molecule has 0 radical (unpaired) electrons. The average molecular weight is 220 g/mol. The van der Waals surface area contributed by atoms with Gasteiger partial charge in [-0.2, -0.15) is 0 Å². The minimum absolute atomic E-state index is 0.0517. The highest BCUT2D eigenvalue weighted by molar-refractivity contribution is 5.83. The van der Waals surface area contributed by atoms with Crippen molar-refractivity contribution in [2.75, 3.05) is 13.7 Å². The van der Waals surface area contributed by atoms with Crippen LogP contribution in [0.2, 0.25) is 0 Å². The van der Waals surface area contributed by atoms with Crippen molar-refractivity contribution in [1.29, 1.82) is 0 Å². The second-order valence-corrected chi connectivity index (χ2v) is 4.00. The Hall–Kier alpha value is -1.55. The first-order valence-corrected chi connectivity index (χ1v) is 5.38. The Kier molecular flexibility index (Phi) is 3.10. The van der Waals surface area contributed by atoms with Gasteiger partial charge in [0, 0.05) is 13.1 Å². The summed E-state index contributed by atoms with van der Waals surface area (Å²) in [6.45, 7) is 1.39. The molecule has 2 rings (SSSR count). The number of amides is 1. The van der Waals surface area contributed by atoms with E-state index in [9.17, 15) is 4.79 Å². The molecule has 1 aromatic rings. The van der Waals surface area contributed by atoms with Crippen LogP contribution >= 0.6 is 0 Å². The SMILES string of the molecule is COc1ccc(CN2CC[C@H](N)C2=O)cc1. The van der Waals surface area contributed by atoms with Crippen LogP contribution in [0, 0.1) is 0 Å². The number of methoxy groups -OCH3 is 1. The second-order valence-electron chi connectivity index (χ2n) is 4.00. The molecular weight excluding hydrogens is 204 g/mol. The molecule has 4 nitrogen and oxygen atoms in total. The summed E-state index contributed by atoms with van der Waals surface area (Å²) in [6, 6.07) is 7.43. The molecule has 4 heteroatoms. The van der Waals surface area contributed by atoms with Gasteiger partial charge in [-0.25, -0.2) is 0 Å². The van der Waals surface area contributed by atoms with Crippen LogP contribution in [-0.4, -0.2) is 30.5 Å². The van der Waals surface area contributed by atoms with Gasteiger partial charge in [0.25, 0.3) is 0 Å². The van der Waals surface area contributed by atoms with Crippen molar-refractivity contribution in [2.24, 2.45) is 5.73 Å². The number of rotatable bonds is 3. The Morgan fingerprint density at radius 1 is 1.44 bits per heavy atom. The van der Waals surface area contributed by atoms with Crippen LogP contribution in [0.1, 0.15) is 12.0 Å². The van der Waals surface area contributed by atoms with Crippen molar-refractivity contribution in [3.8, 4) is 5.75 Å². The minimum atomic E-state index is -0.307. The molecule has 0 aliphatic carbocycles. The smallest absolute Gasteiger partial charge is 0.239 e. The fourth-order valence-corrected chi connectivity index (χ4v) is 1.87. The number of carbonyl (C=O) groups excluding carboxylic acids is 1. The number of likely N-dealkylation sites (tertiary alicyclic amines) is 1. The Balaban J connectivity index is 2.01. The van der Waals surface area contributed by atoms with Gasteiger partial charge in [0.2, 0.25) is 5.91 Å². The highest BCUT2D eigenvalue weighted by Crippen LogP contribution is 2.16.